The largest absolute Gasteiger partial charge is 0.505 e. The van der Waals surface area contributed by atoms with Gasteiger partial charge in [-0.05, 0) is 23.8 Å². The molecule has 0 bridgehead atoms. The molecule has 0 aliphatic heterocycles. The van der Waals surface area contributed by atoms with Crippen molar-refractivity contribution in [3.8, 4) is 5.75 Å². The number of phenols is 1. The van der Waals surface area contributed by atoms with E-state index in [4.69, 9.17) is 5.11 Å². The van der Waals surface area contributed by atoms with Gasteiger partial charge in [-0.2, -0.15) is 0 Å². The van der Waals surface area contributed by atoms with Crippen LogP contribution in [0.4, 0.5) is 4.39 Å². The molecule has 6 heteroatoms. The minimum absolute atomic E-state index is 0.0439. The van der Waals surface area contributed by atoms with Gasteiger partial charge in [0.05, 0.1) is 18.7 Å². The van der Waals surface area contributed by atoms with Crippen LogP contribution in [0.3, 0.4) is 0 Å². The molecule has 0 aliphatic rings. The molecule has 0 atom stereocenters. The Labute approximate surface area is 109 Å². The van der Waals surface area contributed by atoms with Crippen LogP contribution in [0.15, 0.2) is 36.8 Å². The van der Waals surface area contributed by atoms with E-state index in [2.05, 4.69) is 15.3 Å². The van der Waals surface area contributed by atoms with Gasteiger partial charge in [-0.25, -0.2) is 14.4 Å². The number of benzene rings is 1. The van der Waals surface area contributed by atoms with Crippen LogP contribution in [0, 0.1) is 5.82 Å². The Morgan fingerprint density at radius 1 is 1.37 bits per heavy atom. The van der Waals surface area contributed by atoms with E-state index in [1.54, 1.807) is 12.3 Å². The number of halogens is 1. The number of hydrogen-bond acceptors (Lipinski definition) is 4. The lowest BCUT2D eigenvalue weighted by atomic mass is 10.1. The molecule has 1 aromatic carbocycles. The first kappa shape index (κ1) is 12.9. The zero-order valence-corrected chi connectivity index (χ0v) is 10.0. The second-order valence-electron chi connectivity index (χ2n) is 3.94. The quantitative estimate of drug-likeness (QED) is 0.866. The molecule has 2 N–H and O–H groups in total. The summed E-state index contributed by atoms with van der Waals surface area (Å²) in [6.45, 7) is 0.294. The lowest BCUT2D eigenvalue weighted by molar-refractivity contribution is -0.120. The lowest BCUT2D eigenvalue weighted by Gasteiger charge is -2.05. The molecule has 0 radical (unpaired) electrons. The molecule has 2 rings (SSSR count). The summed E-state index contributed by atoms with van der Waals surface area (Å²) in [7, 11) is 0. The van der Waals surface area contributed by atoms with Crippen molar-refractivity contribution < 1.29 is 14.3 Å². The Hall–Kier alpha value is -2.50. The molecule has 2 aromatic rings. The third-order valence-corrected chi connectivity index (χ3v) is 2.49. The first-order chi connectivity index (χ1) is 9.15. The average molecular weight is 261 g/mol. The van der Waals surface area contributed by atoms with Crippen LogP contribution in [0.25, 0.3) is 0 Å². The highest BCUT2D eigenvalue weighted by Crippen LogP contribution is 2.16. The number of hydrogen-bond donors (Lipinski definition) is 2. The third-order valence-electron chi connectivity index (χ3n) is 2.49. The number of carbonyl (C=O) groups is 1. The lowest BCUT2D eigenvalue weighted by Crippen LogP contribution is -2.25. The van der Waals surface area contributed by atoms with E-state index in [1.165, 1.54) is 18.5 Å². The standard InChI is InChI=1S/C13H12FN3O2/c14-11-5-9(1-2-12(11)18)6-13(19)16-7-10-3-4-15-8-17-10/h1-5,8,18H,6-7H2,(H,16,19). The summed E-state index contributed by atoms with van der Waals surface area (Å²) in [5, 5.41) is 11.7. The van der Waals surface area contributed by atoms with Gasteiger partial charge < -0.3 is 10.4 Å². The highest BCUT2D eigenvalue weighted by atomic mass is 19.1. The Morgan fingerprint density at radius 3 is 2.89 bits per heavy atom. The number of phenolic OH excluding ortho intramolecular Hbond substituents is 1. The van der Waals surface area contributed by atoms with Crippen molar-refractivity contribution in [1.82, 2.24) is 15.3 Å². The van der Waals surface area contributed by atoms with Crippen molar-refractivity contribution in [2.75, 3.05) is 0 Å². The van der Waals surface area contributed by atoms with Crippen molar-refractivity contribution in [3.63, 3.8) is 0 Å². The SMILES string of the molecule is O=C(Cc1ccc(O)c(F)c1)NCc1ccncn1. The molecule has 19 heavy (non-hydrogen) atoms. The summed E-state index contributed by atoms with van der Waals surface area (Å²) < 4.78 is 13.1. The van der Waals surface area contributed by atoms with Crippen LogP contribution in [0.1, 0.15) is 11.3 Å². The van der Waals surface area contributed by atoms with Crippen molar-refractivity contribution in [3.05, 3.63) is 53.9 Å². The van der Waals surface area contributed by atoms with Crippen LogP contribution >= 0.6 is 0 Å². The van der Waals surface area contributed by atoms with Gasteiger partial charge in [0.2, 0.25) is 5.91 Å². The molecule has 0 unspecified atom stereocenters. The zero-order chi connectivity index (χ0) is 13.7. The predicted molar refractivity (Wildman–Crippen MR) is 65.6 cm³/mol. The molecule has 0 saturated carbocycles. The fourth-order valence-electron chi connectivity index (χ4n) is 1.52. The summed E-state index contributed by atoms with van der Waals surface area (Å²) in [5.74, 6) is -1.41. The fraction of sp³-hybridized carbons (Fsp3) is 0.154. The minimum Gasteiger partial charge on any atom is -0.505 e. The van der Waals surface area contributed by atoms with Crippen molar-refractivity contribution >= 4 is 5.91 Å². The van der Waals surface area contributed by atoms with Gasteiger partial charge in [-0.15, -0.1) is 0 Å². The maximum atomic E-state index is 13.1. The summed E-state index contributed by atoms with van der Waals surface area (Å²) >= 11 is 0. The highest BCUT2D eigenvalue weighted by Gasteiger charge is 2.06. The summed E-state index contributed by atoms with van der Waals surface area (Å²) in [4.78, 5) is 19.4. The maximum absolute atomic E-state index is 13.1. The summed E-state index contributed by atoms with van der Waals surface area (Å²) in [6.07, 6.45) is 3.03. The Morgan fingerprint density at radius 2 is 2.21 bits per heavy atom. The number of nitrogens with zero attached hydrogens (tertiary/aromatic N) is 2. The first-order valence-electron chi connectivity index (χ1n) is 5.64. The van der Waals surface area contributed by atoms with Gasteiger partial charge >= 0.3 is 0 Å². The second-order valence-corrected chi connectivity index (χ2v) is 3.94. The normalized spacial score (nSPS) is 10.2. The van der Waals surface area contributed by atoms with Gasteiger partial charge in [0.25, 0.3) is 0 Å². The first-order valence-corrected chi connectivity index (χ1v) is 5.64. The molecular weight excluding hydrogens is 249 g/mol. The topological polar surface area (TPSA) is 75.1 Å². The van der Waals surface area contributed by atoms with E-state index in [9.17, 15) is 9.18 Å². The highest BCUT2D eigenvalue weighted by molar-refractivity contribution is 5.78. The van der Waals surface area contributed by atoms with Crippen LogP contribution in [-0.4, -0.2) is 21.0 Å². The molecule has 0 spiro atoms. The molecule has 1 aromatic heterocycles. The van der Waals surface area contributed by atoms with Crippen LogP contribution in [0.5, 0.6) is 5.75 Å². The Kier molecular flexibility index (Phi) is 4.02. The van der Waals surface area contributed by atoms with Gasteiger partial charge in [-0.3, -0.25) is 4.79 Å². The molecule has 5 nitrogen and oxygen atoms in total. The molecule has 1 heterocycles. The van der Waals surface area contributed by atoms with Gasteiger partial charge in [-0.1, -0.05) is 6.07 Å². The smallest absolute Gasteiger partial charge is 0.224 e. The molecule has 0 fully saturated rings. The van der Waals surface area contributed by atoms with E-state index in [1.807, 2.05) is 0 Å². The summed E-state index contributed by atoms with van der Waals surface area (Å²) in [6, 6.07) is 5.56. The minimum atomic E-state index is -0.735. The number of aromatic nitrogens is 2. The predicted octanol–water partition coefficient (Wildman–Crippen LogP) is 1.18. The van der Waals surface area contributed by atoms with Crippen molar-refractivity contribution in [1.29, 1.82) is 0 Å². The van der Waals surface area contributed by atoms with E-state index in [-0.39, 0.29) is 12.3 Å². The number of carbonyl (C=O) groups excluding carboxylic acids is 1. The molecule has 98 valence electrons. The van der Waals surface area contributed by atoms with Crippen molar-refractivity contribution in [2.45, 2.75) is 13.0 Å². The number of rotatable bonds is 4. The van der Waals surface area contributed by atoms with Gasteiger partial charge in [0, 0.05) is 6.20 Å². The zero-order valence-electron chi connectivity index (χ0n) is 10.0. The monoisotopic (exact) mass is 261 g/mol. The van der Waals surface area contributed by atoms with E-state index < -0.39 is 11.6 Å². The van der Waals surface area contributed by atoms with Crippen LogP contribution in [-0.2, 0) is 17.8 Å². The number of aromatic hydroxyl groups is 1. The van der Waals surface area contributed by atoms with Crippen LogP contribution < -0.4 is 5.32 Å². The number of amides is 1. The average Bonchev–Trinajstić information content (AvgIpc) is 2.42. The molecule has 1 amide bonds. The number of nitrogens with one attached hydrogen (secondary N) is 1. The fourth-order valence-corrected chi connectivity index (χ4v) is 1.52. The maximum Gasteiger partial charge on any atom is 0.224 e. The molecular formula is C13H12FN3O2. The Bertz CT molecular complexity index is 575. The van der Waals surface area contributed by atoms with Crippen molar-refractivity contribution in [2.24, 2.45) is 0 Å². The third kappa shape index (κ3) is 3.74. The Balaban J connectivity index is 1.89. The van der Waals surface area contributed by atoms with E-state index in [0.29, 0.717) is 17.8 Å². The second kappa shape index (κ2) is 5.90. The molecule has 0 aliphatic carbocycles. The van der Waals surface area contributed by atoms with E-state index in [0.717, 1.165) is 6.07 Å². The van der Waals surface area contributed by atoms with Crippen LogP contribution in [0.2, 0.25) is 0 Å². The van der Waals surface area contributed by atoms with E-state index >= 15 is 0 Å². The van der Waals surface area contributed by atoms with Gasteiger partial charge in [0.15, 0.2) is 11.6 Å². The summed E-state index contributed by atoms with van der Waals surface area (Å²) in [5.41, 5.74) is 1.19. The van der Waals surface area contributed by atoms with Gasteiger partial charge in [0.1, 0.15) is 6.33 Å². The molecule has 0 saturated heterocycles.